The molecule has 0 aliphatic heterocycles. The average molecular weight is 443 g/mol. The maximum absolute atomic E-state index is 13.5. The SMILES string of the molecule is CCOc1ccc(N(CC(=O)N[C@H]2C[C@H]3CC[C@H]2C3)S(=O)(=O)c2ccc(C)cc2)cc1. The van der Waals surface area contributed by atoms with Crippen molar-refractivity contribution < 1.29 is 17.9 Å². The van der Waals surface area contributed by atoms with E-state index >= 15 is 0 Å². The molecule has 2 aliphatic rings. The van der Waals surface area contributed by atoms with Crippen molar-refractivity contribution in [2.45, 2.75) is 50.5 Å². The van der Waals surface area contributed by atoms with Gasteiger partial charge in [0.15, 0.2) is 0 Å². The number of ether oxygens (including phenoxy) is 1. The van der Waals surface area contributed by atoms with Gasteiger partial charge in [-0.15, -0.1) is 0 Å². The van der Waals surface area contributed by atoms with Crippen molar-refractivity contribution in [2.24, 2.45) is 11.8 Å². The van der Waals surface area contributed by atoms with E-state index in [2.05, 4.69) is 5.32 Å². The number of sulfonamides is 1. The molecule has 1 amide bonds. The summed E-state index contributed by atoms with van der Waals surface area (Å²) in [4.78, 5) is 13.1. The second kappa shape index (κ2) is 8.91. The van der Waals surface area contributed by atoms with Crippen LogP contribution in [0, 0.1) is 18.8 Å². The number of hydrogen-bond donors (Lipinski definition) is 1. The minimum Gasteiger partial charge on any atom is -0.494 e. The molecule has 1 N–H and O–H groups in total. The van der Waals surface area contributed by atoms with Crippen molar-refractivity contribution in [3.63, 3.8) is 0 Å². The number of fused-ring (bicyclic) bond motifs is 2. The number of hydrogen-bond acceptors (Lipinski definition) is 4. The van der Waals surface area contributed by atoms with Gasteiger partial charge in [-0.1, -0.05) is 24.1 Å². The first-order valence-electron chi connectivity index (χ1n) is 11.0. The second-order valence-corrected chi connectivity index (χ2v) is 10.5. The van der Waals surface area contributed by atoms with Crippen LogP contribution in [0.3, 0.4) is 0 Å². The van der Waals surface area contributed by atoms with Crippen LogP contribution in [-0.4, -0.2) is 33.5 Å². The molecule has 6 nitrogen and oxygen atoms in total. The maximum Gasteiger partial charge on any atom is 0.264 e. The molecule has 7 heteroatoms. The topological polar surface area (TPSA) is 75.7 Å². The molecule has 0 heterocycles. The summed E-state index contributed by atoms with van der Waals surface area (Å²) in [6, 6.07) is 13.7. The van der Waals surface area contributed by atoms with Gasteiger partial charge in [0.25, 0.3) is 10.0 Å². The van der Waals surface area contributed by atoms with E-state index in [9.17, 15) is 13.2 Å². The highest BCUT2D eigenvalue weighted by Crippen LogP contribution is 2.44. The van der Waals surface area contributed by atoms with Crippen LogP contribution in [0.1, 0.15) is 38.2 Å². The fraction of sp³-hybridized carbons (Fsp3) is 0.458. The molecule has 2 aromatic carbocycles. The van der Waals surface area contributed by atoms with Crippen molar-refractivity contribution in [1.29, 1.82) is 0 Å². The van der Waals surface area contributed by atoms with E-state index in [-0.39, 0.29) is 23.4 Å². The summed E-state index contributed by atoms with van der Waals surface area (Å²) in [7, 11) is -3.90. The third-order valence-electron chi connectivity index (χ3n) is 6.42. The van der Waals surface area contributed by atoms with Crippen molar-refractivity contribution in [3.05, 3.63) is 54.1 Å². The lowest BCUT2D eigenvalue weighted by molar-refractivity contribution is -0.120. The Balaban J connectivity index is 1.58. The Kier molecular flexibility index (Phi) is 6.23. The maximum atomic E-state index is 13.5. The summed E-state index contributed by atoms with van der Waals surface area (Å²) < 4.78 is 33.6. The molecule has 0 aromatic heterocycles. The second-order valence-electron chi connectivity index (χ2n) is 8.60. The Morgan fingerprint density at radius 3 is 2.35 bits per heavy atom. The lowest BCUT2D eigenvalue weighted by atomic mass is 9.95. The summed E-state index contributed by atoms with van der Waals surface area (Å²) in [6.45, 7) is 4.07. The number of carbonyl (C=O) groups is 1. The zero-order valence-corrected chi connectivity index (χ0v) is 18.9. The van der Waals surface area contributed by atoms with Gasteiger partial charge < -0.3 is 10.1 Å². The first-order valence-corrected chi connectivity index (χ1v) is 12.4. The quantitative estimate of drug-likeness (QED) is 0.673. The third-order valence-corrected chi connectivity index (χ3v) is 8.20. The first kappa shape index (κ1) is 21.7. The van der Waals surface area contributed by atoms with Crippen LogP contribution in [0.5, 0.6) is 5.75 Å². The summed E-state index contributed by atoms with van der Waals surface area (Å²) in [6.07, 6.45) is 4.58. The summed E-state index contributed by atoms with van der Waals surface area (Å²) in [5.41, 5.74) is 1.41. The monoisotopic (exact) mass is 442 g/mol. The van der Waals surface area contributed by atoms with Crippen molar-refractivity contribution in [3.8, 4) is 5.75 Å². The van der Waals surface area contributed by atoms with Gasteiger partial charge in [0.1, 0.15) is 12.3 Å². The molecule has 2 fully saturated rings. The van der Waals surface area contributed by atoms with Gasteiger partial charge in [0, 0.05) is 6.04 Å². The van der Waals surface area contributed by atoms with Crippen LogP contribution in [-0.2, 0) is 14.8 Å². The lowest BCUT2D eigenvalue weighted by Crippen LogP contribution is -2.46. The van der Waals surface area contributed by atoms with E-state index < -0.39 is 10.0 Å². The first-order chi connectivity index (χ1) is 14.9. The molecule has 0 spiro atoms. The highest BCUT2D eigenvalue weighted by atomic mass is 32.2. The van der Waals surface area contributed by atoms with E-state index in [1.807, 2.05) is 13.8 Å². The van der Waals surface area contributed by atoms with E-state index in [1.54, 1.807) is 48.5 Å². The molecular weight excluding hydrogens is 412 g/mol. The van der Waals surface area contributed by atoms with Gasteiger partial charge in [-0.25, -0.2) is 8.42 Å². The molecule has 0 radical (unpaired) electrons. The number of anilines is 1. The highest BCUT2D eigenvalue weighted by molar-refractivity contribution is 7.92. The van der Waals surface area contributed by atoms with Gasteiger partial charge in [0.05, 0.1) is 17.2 Å². The number of rotatable bonds is 8. The predicted octanol–water partition coefficient (Wildman–Crippen LogP) is 3.89. The van der Waals surface area contributed by atoms with Gasteiger partial charge in [0.2, 0.25) is 5.91 Å². The molecule has 2 saturated carbocycles. The Bertz CT molecular complexity index is 1020. The number of nitrogens with one attached hydrogen (secondary N) is 1. The number of carbonyl (C=O) groups excluding carboxylic acids is 1. The van der Waals surface area contributed by atoms with Crippen LogP contribution in [0.25, 0.3) is 0 Å². The zero-order valence-electron chi connectivity index (χ0n) is 18.1. The van der Waals surface area contributed by atoms with Crippen molar-refractivity contribution in [1.82, 2.24) is 5.32 Å². The number of aryl methyl sites for hydroxylation is 1. The van der Waals surface area contributed by atoms with Crippen LogP contribution >= 0.6 is 0 Å². The summed E-state index contributed by atoms with van der Waals surface area (Å²) in [5.74, 6) is 1.63. The number of benzene rings is 2. The molecule has 2 aliphatic carbocycles. The largest absolute Gasteiger partial charge is 0.494 e. The Morgan fingerprint density at radius 2 is 1.77 bits per heavy atom. The van der Waals surface area contributed by atoms with Crippen LogP contribution in [0.4, 0.5) is 5.69 Å². The molecule has 2 aromatic rings. The molecule has 4 rings (SSSR count). The van der Waals surface area contributed by atoms with Crippen LogP contribution in [0.2, 0.25) is 0 Å². The normalized spacial score (nSPS) is 22.3. The summed E-state index contributed by atoms with van der Waals surface area (Å²) in [5, 5.41) is 3.11. The van der Waals surface area contributed by atoms with Gasteiger partial charge in [-0.3, -0.25) is 9.10 Å². The molecule has 0 unspecified atom stereocenters. The number of amides is 1. The molecule has 3 atom stereocenters. The van der Waals surface area contributed by atoms with E-state index in [0.29, 0.717) is 29.9 Å². The minimum absolute atomic E-state index is 0.163. The molecule has 31 heavy (non-hydrogen) atoms. The van der Waals surface area contributed by atoms with Gasteiger partial charge in [-0.2, -0.15) is 0 Å². The van der Waals surface area contributed by atoms with E-state index in [0.717, 1.165) is 18.4 Å². The average Bonchev–Trinajstić information content (AvgIpc) is 3.36. The van der Waals surface area contributed by atoms with Crippen LogP contribution in [0.15, 0.2) is 53.4 Å². The highest BCUT2D eigenvalue weighted by Gasteiger charge is 2.40. The predicted molar refractivity (Wildman–Crippen MR) is 121 cm³/mol. The Hall–Kier alpha value is -2.54. The molecular formula is C24H30N2O4S. The summed E-state index contributed by atoms with van der Waals surface area (Å²) >= 11 is 0. The van der Waals surface area contributed by atoms with Crippen molar-refractivity contribution >= 4 is 21.6 Å². The Morgan fingerprint density at radius 1 is 1.06 bits per heavy atom. The minimum atomic E-state index is -3.90. The van der Waals surface area contributed by atoms with Crippen LogP contribution < -0.4 is 14.4 Å². The smallest absolute Gasteiger partial charge is 0.264 e. The molecule has 0 saturated heterocycles. The molecule has 166 valence electrons. The number of nitrogens with zero attached hydrogens (tertiary/aromatic N) is 1. The van der Waals surface area contributed by atoms with Gasteiger partial charge in [-0.05, 0) is 81.3 Å². The fourth-order valence-corrected chi connectivity index (χ4v) is 6.25. The van der Waals surface area contributed by atoms with Gasteiger partial charge >= 0.3 is 0 Å². The lowest BCUT2D eigenvalue weighted by Gasteiger charge is -2.27. The third kappa shape index (κ3) is 4.71. The van der Waals surface area contributed by atoms with E-state index in [4.69, 9.17) is 4.74 Å². The zero-order chi connectivity index (χ0) is 22.0. The Labute approximate surface area is 184 Å². The van der Waals surface area contributed by atoms with E-state index in [1.165, 1.54) is 17.1 Å². The fourth-order valence-electron chi connectivity index (χ4n) is 4.83. The van der Waals surface area contributed by atoms with Crippen molar-refractivity contribution in [2.75, 3.05) is 17.5 Å². The molecule has 2 bridgehead atoms. The standard InChI is InChI=1S/C24H30N2O4S/c1-3-30-21-10-8-20(9-11-21)26(31(28,29)22-12-4-17(2)5-13-22)16-24(27)25-23-15-18-6-7-19(23)14-18/h4-5,8-13,18-19,23H,3,6-7,14-16H2,1-2H3,(H,25,27)/t18-,19-,23-/m0/s1.